The maximum atomic E-state index is 13.4. The van der Waals surface area contributed by atoms with Crippen LogP contribution in [0, 0.1) is 0 Å². The molecule has 1 aliphatic heterocycles. The van der Waals surface area contributed by atoms with E-state index in [0.29, 0.717) is 34.7 Å². The Morgan fingerprint density at radius 1 is 1.06 bits per heavy atom. The van der Waals surface area contributed by atoms with Crippen molar-refractivity contribution in [1.29, 1.82) is 0 Å². The van der Waals surface area contributed by atoms with Gasteiger partial charge in [-0.25, -0.2) is 8.42 Å². The summed E-state index contributed by atoms with van der Waals surface area (Å²) >= 11 is 0. The summed E-state index contributed by atoms with van der Waals surface area (Å²) in [7, 11) is -5.78. The Bertz CT molecular complexity index is 835. The first-order chi connectivity index (χ1) is 15.5. The largest absolute Gasteiger partial charge is 0.465 e. The SMILES string of the molecule is CCOC(=O)CN1CCC[C@@H](O[Si](C(C)C)(C(C)C)C(C)C)[C@H]1CS(=O)(=O)c1ccccc1. The number of carbonyl (C=O) groups excluding carboxylic acids is 1. The lowest BCUT2D eigenvalue weighted by molar-refractivity contribution is -0.146. The molecule has 0 radical (unpaired) electrons. The second-order valence-electron chi connectivity index (χ2n) is 10.1. The monoisotopic (exact) mass is 497 g/mol. The van der Waals surface area contributed by atoms with Crippen molar-refractivity contribution in [2.45, 2.75) is 95.0 Å². The van der Waals surface area contributed by atoms with Crippen LogP contribution in [0.2, 0.25) is 16.6 Å². The summed E-state index contributed by atoms with van der Waals surface area (Å²) in [5.74, 6) is -0.389. The van der Waals surface area contributed by atoms with Crippen molar-refractivity contribution in [2.24, 2.45) is 0 Å². The lowest BCUT2D eigenvalue weighted by Crippen LogP contribution is -2.59. The zero-order chi connectivity index (χ0) is 24.8. The Morgan fingerprint density at radius 3 is 2.15 bits per heavy atom. The third-order valence-electron chi connectivity index (χ3n) is 7.02. The molecule has 1 heterocycles. The fraction of sp³-hybridized carbons (Fsp3) is 0.720. The first kappa shape index (κ1) is 28.0. The van der Waals surface area contributed by atoms with E-state index in [-0.39, 0.29) is 24.4 Å². The zero-order valence-electron chi connectivity index (χ0n) is 21.4. The van der Waals surface area contributed by atoms with Gasteiger partial charge in [-0.1, -0.05) is 59.7 Å². The van der Waals surface area contributed by atoms with Gasteiger partial charge in [0.15, 0.2) is 9.84 Å². The minimum atomic E-state index is -3.55. The molecule has 2 atom stereocenters. The van der Waals surface area contributed by atoms with Gasteiger partial charge in [-0.05, 0) is 55.1 Å². The lowest BCUT2D eigenvalue weighted by Gasteiger charge is -2.49. The summed E-state index contributed by atoms with van der Waals surface area (Å²) in [4.78, 5) is 14.7. The van der Waals surface area contributed by atoms with E-state index < -0.39 is 24.2 Å². The summed E-state index contributed by atoms with van der Waals surface area (Å²) in [5.41, 5.74) is 1.18. The molecular formula is C25H43NO5SSi. The number of benzene rings is 1. The number of likely N-dealkylation sites (tertiary alicyclic amines) is 1. The molecule has 0 N–H and O–H groups in total. The molecule has 6 nitrogen and oxygen atoms in total. The van der Waals surface area contributed by atoms with Crippen LogP contribution in [0.15, 0.2) is 35.2 Å². The lowest BCUT2D eigenvalue weighted by atomic mass is 10.0. The van der Waals surface area contributed by atoms with Gasteiger partial charge in [0.25, 0.3) is 0 Å². The summed E-state index contributed by atoms with van der Waals surface area (Å²) in [6.45, 7) is 16.3. The Morgan fingerprint density at radius 2 is 1.64 bits per heavy atom. The second-order valence-corrected chi connectivity index (χ2v) is 17.5. The second kappa shape index (κ2) is 12.0. The van der Waals surface area contributed by atoms with E-state index in [1.54, 1.807) is 31.2 Å². The Balaban J connectivity index is 2.44. The number of nitrogens with zero attached hydrogens (tertiary/aromatic N) is 1. The molecule has 1 aromatic rings. The van der Waals surface area contributed by atoms with Crippen LogP contribution >= 0.6 is 0 Å². The van der Waals surface area contributed by atoms with Crippen molar-refractivity contribution in [3.05, 3.63) is 30.3 Å². The number of sulfone groups is 1. The Labute approximate surface area is 202 Å². The van der Waals surface area contributed by atoms with E-state index in [1.807, 2.05) is 11.0 Å². The minimum absolute atomic E-state index is 0.0696. The van der Waals surface area contributed by atoms with E-state index in [2.05, 4.69) is 41.5 Å². The van der Waals surface area contributed by atoms with Gasteiger partial charge in [0.2, 0.25) is 8.32 Å². The van der Waals surface area contributed by atoms with Crippen molar-refractivity contribution in [2.75, 3.05) is 25.4 Å². The van der Waals surface area contributed by atoms with Gasteiger partial charge in [0, 0.05) is 6.04 Å². The maximum Gasteiger partial charge on any atom is 0.320 e. The number of hydrogen-bond acceptors (Lipinski definition) is 6. The average Bonchev–Trinajstić information content (AvgIpc) is 2.73. The molecule has 0 saturated carbocycles. The van der Waals surface area contributed by atoms with Crippen LogP contribution in [-0.2, 0) is 23.8 Å². The number of hydrogen-bond donors (Lipinski definition) is 0. The van der Waals surface area contributed by atoms with Gasteiger partial charge >= 0.3 is 5.97 Å². The summed E-state index contributed by atoms with van der Waals surface area (Å²) in [6, 6.07) is 8.18. The fourth-order valence-electron chi connectivity index (χ4n) is 5.63. The quantitative estimate of drug-likeness (QED) is 0.315. The number of piperidine rings is 1. The molecule has 2 rings (SSSR count). The van der Waals surface area contributed by atoms with Crippen molar-refractivity contribution in [3.63, 3.8) is 0 Å². The van der Waals surface area contributed by atoms with Gasteiger partial charge in [0.05, 0.1) is 29.9 Å². The first-order valence-electron chi connectivity index (χ1n) is 12.3. The smallest absolute Gasteiger partial charge is 0.320 e. The van der Waals surface area contributed by atoms with Crippen LogP contribution in [0.3, 0.4) is 0 Å². The van der Waals surface area contributed by atoms with Gasteiger partial charge in [0.1, 0.15) is 0 Å². The third kappa shape index (κ3) is 6.68. The molecule has 1 aromatic carbocycles. The van der Waals surface area contributed by atoms with Gasteiger partial charge < -0.3 is 9.16 Å². The highest BCUT2D eigenvalue weighted by atomic mass is 32.2. The Kier molecular flexibility index (Phi) is 10.1. The van der Waals surface area contributed by atoms with E-state index >= 15 is 0 Å². The third-order valence-corrected chi connectivity index (χ3v) is 14.9. The number of rotatable bonds is 11. The number of ether oxygens (including phenoxy) is 1. The highest BCUT2D eigenvalue weighted by Gasteiger charge is 2.49. The van der Waals surface area contributed by atoms with Gasteiger partial charge in [-0.2, -0.15) is 0 Å². The van der Waals surface area contributed by atoms with E-state index in [0.717, 1.165) is 12.8 Å². The van der Waals surface area contributed by atoms with Crippen molar-refractivity contribution >= 4 is 24.1 Å². The molecule has 0 amide bonds. The van der Waals surface area contributed by atoms with Crippen molar-refractivity contribution in [3.8, 4) is 0 Å². The summed E-state index contributed by atoms with van der Waals surface area (Å²) in [6.07, 6.45) is 1.44. The molecule has 0 aliphatic carbocycles. The summed E-state index contributed by atoms with van der Waals surface area (Å²) in [5, 5.41) is 0. The predicted octanol–water partition coefficient (Wildman–Crippen LogP) is 5.05. The number of carbonyl (C=O) groups is 1. The summed E-state index contributed by atoms with van der Waals surface area (Å²) < 4.78 is 39.1. The van der Waals surface area contributed by atoms with Crippen LogP contribution < -0.4 is 0 Å². The van der Waals surface area contributed by atoms with Gasteiger partial charge in [-0.3, -0.25) is 9.69 Å². The first-order valence-corrected chi connectivity index (χ1v) is 16.1. The molecule has 0 unspecified atom stereocenters. The zero-order valence-corrected chi connectivity index (χ0v) is 23.2. The van der Waals surface area contributed by atoms with E-state index in [9.17, 15) is 13.2 Å². The van der Waals surface area contributed by atoms with Crippen LogP contribution in [0.25, 0.3) is 0 Å². The number of esters is 1. The van der Waals surface area contributed by atoms with Crippen LogP contribution in [0.5, 0.6) is 0 Å². The molecule has 8 heteroatoms. The molecule has 1 fully saturated rings. The molecule has 0 spiro atoms. The van der Waals surface area contributed by atoms with E-state index in [1.165, 1.54) is 0 Å². The van der Waals surface area contributed by atoms with Crippen molar-refractivity contribution < 1.29 is 22.4 Å². The molecular weight excluding hydrogens is 454 g/mol. The van der Waals surface area contributed by atoms with E-state index in [4.69, 9.17) is 9.16 Å². The molecule has 1 saturated heterocycles. The standard InChI is InChI=1S/C25H43NO5SSi/c1-8-30-25(27)17-26-16-12-15-24(31-33(19(2)3,20(4)5)21(6)7)23(26)18-32(28,29)22-13-10-9-11-14-22/h9-11,13-14,19-21,23-24H,8,12,15-18H2,1-7H3/t23-,24-/m1/s1. The Hall–Kier alpha value is -1.22. The van der Waals surface area contributed by atoms with Crippen LogP contribution in [0.4, 0.5) is 0 Å². The fourth-order valence-corrected chi connectivity index (χ4v) is 12.9. The van der Waals surface area contributed by atoms with Crippen LogP contribution in [-0.4, -0.2) is 65.2 Å². The molecule has 1 aliphatic rings. The highest BCUT2D eigenvalue weighted by molar-refractivity contribution is 7.91. The topological polar surface area (TPSA) is 72.9 Å². The highest BCUT2D eigenvalue weighted by Crippen LogP contribution is 2.44. The maximum absolute atomic E-state index is 13.4. The molecule has 0 bridgehead atoms. The molecule has 0 aromatic heterocycles. The minimum Gasteiger partial charge on any atom is -0.465 e. The van der Waals surface area contributed by atoms with Gasteiger partial charge in [-0.15, -0.1) is 0 Å². The van der Waals surface area contributed by atoms with Crippen LogP contribution in [0.1, 0.15) is 61.3 Å². The average molecular weight is 498 g/mol. The normalized spacial score (nSPS) is 20.5. The molecule has 33 heavy (non-hydrogen) atoms. The van der Waals surface area contributed by atoms with Crippen molar-refractivity contribution in [1.82, 2.24) is 4.90 Å². The predicted molar refractivity (Wildman–Crippen MR) is 136 cm³/mol. The molecule has 188 valence electrons.